The van der Waals surface area contributed by atoms with Gasteiger partial charge < -0.3 is 4.90 Å². The molecule has 0 N–H and O–H groups in total. The molecular formula is C12H17N3O. The third-order valence-electron chi connectivity index (χ3n) is 3.09. The average molecular weight is 219 g/mol. The van der Waals surface area contributed by atoms with E-state index in [4.69, 9.17) is 0 Å². The molecule has 4 nitrogen and oxygen atoms in total. The molecule has 1 atom stereocenters. The van der Waals surface area contributed by atoms with Gasteiger partial charge in [-0.15, -0.1) is 0 Å². The zero-order chi connectivity index (χ0) is 11.5. The molecule has 0 radical (unpaired) electrons. The van der Waals surface area contributed by atoms with Crippen LogP contribution in [0.4, 0.5) is 0 Å². The molecule has 1 fully saturated rings. The minimum absolute atomic E-state index is 0.0738. The number of carbonyl (C=O) groups excluding carboxylic acids is 1. The van der Waals surface area contributed by atoms with Crippen LogP contribution in [0.5, 0.6) is 0 Å². The first-order chi connectivity index (χ1) is 7.68. The summed E-state index contributed by atoms with van der Waals surface area (Å²) in [4.78, 5) is 22.1. The van der Waals surface area contributed by atoms with Gasteiger partial charge in [0.1, 0.15) is 6.33 Å². The highest BCUT2D eigenvalue weighted by atomic mass is 16.2. The van der Waals surface area contributed by atoms with E-state index in [9.17, 15) is 4.79 Å². The summed E-state index contributed by atoms with van der Waals surface area (Å²) in [5.74, 6) is 0.673. The van der Waals surface area contributed by atoms with Crippen LogP contribution in [0.15, 0.2) is 12.5 Å². The van der Waals surface area contributed by atoms with Gasteiger partial charge in [0.2, 0.25) is 0 Å². The van der Waals surface area contributed by atoms with Gasteiger partial charge in [-0.3, -0.25) is 4.79 Å². The van der Waals surface area contributed by atoms with Gasteiger partial charge in [0, 0.05) is 19.3 Å². The first-order valence-electron chi connectivity index (χ1n) is 5.74. The summed E-state index contributed by atoms with van der Waals surface area (Å²) in [6, 6.07) is 0. The van der Waals surface area contributed by atoms with Crippen molar-refractivity contribution < 1.29 is 4.79 Å². The van der Waals surface area contributed by atoms with Crippen molar-refractivity contribution in [2.45, 2.75) is 26.7 Å². The maximum atomic E-state index is 12.2. The molecule has 0 saturated carbocycles. The smallest absolute Gasteiger partial charge is 0.257 e. The lowest BCUT2D eigenvalue weighted by atomic mass is 9.99. The highest BCUT2D eigenvalue weighted by molar-refractivity contribution is 5.94. The Morgan fingerprint density at radius 2 is 2.38 bits per heavy atom. The maximum absolute atomic E-state index is 12.2. The first kappa shape index (κ1) is 11.0. The van der Waals surface area contributed by atoms with Gasteiger partial charge in [-0.2, -0.15) is 0 Å². The monoisotopic (exact) mass is 219 g/mol. The summed E-state index contributed by atoms with van der Waals surface area (Å²) >= 11 is 0. The van der Waals surface area contributed by atoms with Crippen molar-refractivity contribution in [1.82, 2.24) is 14.9 Å². The highest BCUT2D eigenvalue weighted by Crippen LogP contribution is 2.18. The molecule has 0 spiro atoms. The van der Waals surface area contributed by atoms with Crippen molar-refractivity contribution in [2.24, 2.45) is 5.92 Å². The Bertz CT molecular complexity index is 392. The molecule has 1 unspecified atom stereocenters. The fourth-order valence-corrected chi connectivity index (χ4v) is 2.14. The van der Waals surface area contributed by atoms with Crippen LogP contribution in [0.1, 0.15) is 35.8 Å². The number of likely N-dealkylation sites (tertiary alicyclic amines) is 1. The van der Waals surface area contributed by atoms with Crippen molar-refractivity contribution in [1.29, 1.82) is 0 Å². The Kier molecular flexibility index (Phi) is 3.17. The summed E-state index contributed by atoms with van der Waals surface area (Å²) in [6.45, 7) is 5.75. The van der Waals surface area contributed by atoms with Crippen LogP contribution in [0, 0.1) is 12.8 Å². The van der Waals surface area contributed by atoms with Crippen molar-refractivity contribution in [3.05, 3.63) is 23.8 Å². The number of aromatic nitrogens is 2. The number of rotatable bonds is 1. The Labute approximate surface area is 95.7 Å². The molecule has 0 aromatic carbocycles. The Balaban J connectivity index is 2.16. The quantitative estimate of drug-likeness (QED) is 0.721. The van der Waals surface area contributed by atoms with E-state index in [1.54, 1.807) is 6.20 Å². The molecule has 4 heteroatoms. The maximum Gasteiger partial charge on any atom is 0.257 e. The van der Waals surface area contributed by atoms with Gasteiger partial charge in [0.15, 0.2) is 0 Å². The lowest BCUT2D eigenvalue weighted by molar-refractivity contribution is 0.0681. The number of hydrogen-bond donors (Lipinski definition) is 0. The van der Waals surface area contributed by atoms with Gasteiger partial charge in [-0.25, -0.2) is 9.97 Å². The van der Waals surface area contributed by atoms with E-state index in [2.05, 4.69) is 16.9 Å². The topological polar surface area (TPSA) is 46.1 Å². The molecule has 0 bridgehead atoms. The van der Waals surface area contributed by atoms with Crippen molar-refractivity contribution in [3.63, 3.8) is 0 Å². The van der Waals surface area contributed by atoms with E-state index in [1.165, 1.54) is 12.7 Å². The van der Waals surface area contributed by atoms with E-state index >= 15 is 0 Å². The van der Waals surface area contributed by atoms with Gasteiger partial charge in [-0.05, 0) is 25.7 Å². The lowest BCUT2D eigenvalue weighted by Crippen LogP contribution is -2.39. The molecular weight excluding hydrogens is 202 g/mol. The first-order valence-corrected chi connectivity index (χ1v) is 5.74. The standard InChI is InChI=1S/C12H17N3O/c1-9-4-3-5-15(7-9)12(16)11-6-13-8-14-10(11)2/h6,8-9H,3-5,7H2,1-2H3. The van der Waals surface area contributed by atoms with Crippen LogP contribution in [0.25, 0.3) is 0 Å². The molecule has 86 valence electrons. The predicted octanol–water partition coefficient (Wildman–Crippen LogP) is 1.66. The molecule has 16 heavy (non-hydrogen) atoms. The predicted molar refractivity (Wildman–Crippen MR) is 61.1 cm³/mol. The minimum atomic E-state index is 0.0738. The molecule has 1 saturated heterocycles. The second-order valence-electron chi connectivity index (χ2n) is 4.52. The lowest BCUT2D eigenvalue weighted by Gasteiger charge is -2.31. The highest BCUT2D eigenvalue weighted by Gasteiger charge is 2.23. The van der Waals surface area contributed by atoms with Crippen molar-refractivity contribution >= 4 is 5.91 Å². The third-order valence-corrected chi connectivity index (χ3v) is 3.09. The fourth-order valence-electron chi connectivity index (χ4n) is 2.14. The summed E-state index contributed by atoms with van der Waals surface area (Å²) in [5.41, 5.74) is 1.40. The van der Waals surface area contributed by atoms with Gasteiger partial charge in [0.05, 0.1) is 11.3 Å². The zero-order valence-electron chi connectivity index (χ0n) is 9.81. The largest absolute Gasteiger partial charge is 0.338 e. The van der Waals surface area contributed by atoms with Crippen LogP contribution in [-0.4, -0.2) is 33.9 Å². The molecule has 1 aliphatic rings. The number of piperidine rings is 1. The number of nitrogens with zero attached hydrogens (tertiary/aromatic N) is 3. The number of carbonyl (C=O) groups is 1. The summed E-state index contributed by atoms with van der Waals surface area (Å²) < 4.78 is 0. The SMILES string of the molecule is Cc1ncncc1C(=O)N1CCCC(C)C1. The molecule has 1 aromatic heterocycles. The molecule has 2 rings (SSSR count). The molecule has 1 aromatic rings. The number of amides is 1. The van der Waals surface area contributed by atoms with E-state index in [-0.39, 0.29) is 5.91 Å². The van der Waals surface area contributed by atoms with Crippen LogP contribution < -0.4 is 0 Å². The van der Waals surface area contributed by atoms with Gasteiger partial charge in [-0.1, -0.05) is 6.92 Å². The van der Waals surface area contributed by atoms with E-state index in [0.717, 1.165) is 25.2 Å². The summed E-state index contributed by atoms with van der Waals surface area (Å²) in [6.07, 6.45) is 5.41. The van der Waals surface area contributed by atoms with E-state index < -0.39 is 0 Å². The summed E-state index contributed by atoms with van der Waals surface area (Å²) in [5, 5.41) is 0. The zero-order valence-corrected chi connectivity index (χ0v) is 9.81. The molecule has 2 heterocycles. The normalized spacial score (nSPS) is 20.9. The van der Waals surface area contributed by atoms with Crippen molar-refractivity contribution in [2.75, 3.05) is 13.1 Å². The Morgan fingerprint density at radius 3 is 3.06 bits per heavy atom. The second kappa shape index (κ2) is 4.60. The van der Waals surface area contributed by atoms with Crippen molar-refractivity contribution in [3.8, 4) is 0 Å². The summed E-state index contributed by atoms with van der Waals surface area (Å²) in [7, 11) is 0. The third kappa shape index (κ3) is 2.21. The Morgan fingerprint density at radius 1 is 1.56 bits per heavy atom. The fraction of sp³-hybridized carbons (Fsp3) is 0.583. The van der Waals surface area contributed by atoms with Crippen LogP contribution >= 0.6 is 0 Å². The van der Waals surface area contributed by atoms with E-state index in [0.29, 0.717) is 11.5 Å². The Hall–Kier alpha value is -1.45. The minimum Gasteiger partial charge on any atom is -0.338 e. The second-order valence-corrected chi connectivity index (χ2v) is 4.52. The number of hydrogen-bond acceptors (Lipinski definition) is 3. The number of aryl methyl sites for hydroxylation is 1. The average Bonchev–Trinajstić information content (AvgIpc) is 2.29. The molecule has 0 aliphatic carbocycles. The van der Waals surface area contributed by atoms with Crippen LogP contribution in [0.3, 0.4) is 0 Å². The van der Waals surface area contributed by atoms with Gasteiger partial charge in [0.25, 0.3) is 5.91 Å². The molecule has 1 aliphatic heterocycles. The molecule has 1 amide bonds. The van der Waals surface area contributed by atoms with Gasteiger partial charge >= 0.3 is 0 Å². The van der Waals surface area contributed by atoms with Crippen LogP contribution in [0.2, 0.25) is 0 Å². The van der Waals surface area contributed by atoms with E-state index in [1.807, 2.05) is 11.8 Å². The van der Waals surface area contributed by atoms with Crippen LogP contribution in [-0.2, 0) is 0 Å².